The monoisotopic (exact) mass is 152 g/mol. The Morgan fingerprint density at radius 1 is 0.818 bits per heavy atom. The Balaban J connectivity index is 1.94. The topological polar surface area (TPSA) is 12.5 Å². The Morgan fingerprint density at radius 3 is 2.09 bits per heavy atom. The first kappa shape index (κ1) is 6.47. The summed E-state index contributed by atoms with van der Waals surface area (Å²) in [6.07, 6.45) is 10.1. The molecule has 3 fully saturated rings. The first-order chi connectivity index (χ1) is 5.37. The van der Waals surface area contributed by atoms with Crippen molar-refractivity contribution in [3.63, 3.8) is 0 Å². The van der Waals surface area contributed by atoms with E-state index in [2.05, 4.69) is 0 Å². The second-order valence-electron chi connectivity index (χ2n) is 4.62. The molecule has 0 N–H and O–H groups in total. The first-order valence-corrected chi connectivity index (χ1v) is 5.01. The molecule has 0 radical (unpaired) electrons. The lowest BCUT2D eigenvalue weighted by Crippen LogP contribution is -2.29. The highest BCUT2D eigenvalue weighted by Crippen LogP contribution is 2.63. The number of rotatable bonds is 0. The van der Waals surface area contributed by atoms with Gasteiger partial charge in [-0.25, -0.2) is 0 Å². The summed E-state index contributed by atoms with van der Waals surface area (Å²) >= 11 is 0. The normalized spacial score (nSPS) is 45.8. The largest absolute Gasteiger partial charge is 0.369 e. The summed E-state index contributed by atoms with van der Waals surface area (Å²) in [5, 5.41) is 0. The number of hydrogen-bond acceptors (Lipinski definition) is 1. The first-order valence-electron chi connectivity index (χ1n) is 5.01. The van der Waals surface area contributed by atoms with Crippen molar-refractivity contribution < 1.29 is 4.74 Å². The molecule has 2 spiro atoms. The van der Waals surface area contributed by atoms with Gasteiger partial charge in [-0.05, 0) is 32.1 Å². The lowest BCUT2D eigenvalue weighted by Gasteiger charge is -2.27. The van der Waals surface area contributed by atoms with Crippen LogP contribution in [0.25, 0.3) is 0 Å². The lowest BCUT2D eigenvalue weighted by molar-refractivity contribution is 0.140. The summed E-state index contributed by atoms with van der Waals surface area (Å²) in [5.41, 5.74) is 1.09. The van der Waals surface area contributed by atoms with Gasteiger partial charge >= 0.3 is 0 Å². The molecule has 3 aliphatic rings. The van der Waals surface area contributed by atoms with Gasteiger partial charge in [0.2, 0.25) is 0 Å². The maximum atomic E-state index is 5.69. The predicted molar refractivity (Wildman–Crippen MR) is 43.4 cm³/mol. The molecular formula is C10H16O. The molecule has 62 valence electrons. The van der Waals surface area contributed by atoms with Crippen LogP contribution in [0, 0.1) is 5.41 Å². The molecule has 1 unspecified atom stereocenters. The van der Waals surface area contributed by atoms with Gasteiger partial charge in [-0.2, -0.15) is 0 Å². The highest BCUT2D eigenvalue weighted by Gasteiger charge is 2.63. The predicted octanol–water partition coefficient (Wildman–Crippen LogP) is 2.50. The zero-order valence-corrected chi connectivity index (χ0v) is 7.07. The SMILES string of the molecule is C1CCC2(C1)CCCC21CO1. The van der Waals surface area contributed by atoms with E-state index in [9.17, 15) is 0 Å². The summed E-state index contributed by atoms with van der Waals surface area (Å²) in [6.45, 7) is 1.09. The molecule has 0 bridgehead atoms. The fourth-order valence-corrected chi connectivity index (χ4v) is 3.50. The Hall–Kier alpha value is -0.0400. The second-order valence-corrected chi connectivity index (χ2v) is 4.62. The molecule has 11 heavy (non-hydrogen) atoms. The maximum absolute atomic E-state index is 5.69. The molecule has 2 aliphatic carbocycles. The van der Waals surface area contributed by atoms with Crippen LogP contribution in [-0.2, 0) is 4.74 Å². The van der Waals surface area contributed by atoms with Crippen molar-refractivity contribution in [3.05, 3.63) is 0 Å². The van der Waals surface area contributed by atoms with Gasteiger partial charge in [0.15, 0.2) is 0 Å². The van der Waals surface area contributed by atoms with Crippen molar-refractivity contribution in [1.82, 2.24) is 0 Å². The van der Waals surface area contributed by atoms with E-state index in [1.165, 1.54) is 44.9 Å². The van der Waals surface area contributed by atoms with E-state index in [1.807, 2.05) is 0 Å². The number of fused-ring (bicyclic) bond motifs is 1. The molecule has 1 aliphatic heterocycles. The van der Waals surface area contributed by atoms with Crippen LogP contribution < -0.4 is 0 Å². The quantitative estimate of drug-likeness (QED) is 0.486. The summed E-state index contributed by atoms with van der Waals surface area (Å²) in [7, 11) is 0. The number of epoxide rings is 1. The lowest BCUT2D eigenvalue weighted by atomic mass is 9.76. The van der Waals surface area contributed by atoms with Crippen LogP contribution in [0.2, 0.25) is 0 Å². The van der Waals surface area contributed by atoms with Crippen LogP contribution in [-0.4, -0.2) is 12.2 Å². The van der Waals surface area contributed by atoms with Gasteiger partial charge in [0.05, 0.1) is 12.2 Å². The van der Waals surface area contributed by atoms with E-state index in [0.29, 0.717) is 11.0 Å². The summed E-state index contributed by atoms with van der Waals surface area (Å²) < 4.78 is 5.69. The Bertz CT molecular complexity index is 170. The van der Waals surface area contributed by atoms with Crippen LogP contribution in [0.4, 0.5) is 0 Å². The van der Waals surface area contributed by atoms with Crippen LogP contribution in [0.1, 0.15) is 44.9 Å². The molecule has 0 aromatic rings. The van der Waals surface area contributed by atoms with E-state index >= 15 is 0 Å². The van der Waals surface area contributed by atoms with Gasteiger partial charge in [-0.15, -0.1) is 0 Å². The average Bonchev–Trinajstić information content (AvgIpc) is 2.55. The van der Waals surface area contributed by atoms with Gasteiger partial charge < -0.3 is 4.74 Å². The number of ether oxygens (including phenoxy) is 1. The van der Waals surface area contributed by atoms with Crippen molar-refractivity contribution in [2.75, 3.05) is 6.61 Å². The third-order valence-electron chi connectivity index (χ3n) is 4.26. The van der Waals surface area contributed by atoms with Crippen LogP contribution in [0.5, 0.6) is 0 Å². The van der Waals surface area contributed by atoms with Gasteiger partial charge in [-0.1, -0.05) is 12.8 Å². The van der Waals surface area contributed by atoms with Crippen LogP contribution in [0.3, 0.4) is 0 Å². The second kappa shape index (κ2) is 1.82. The zero-order chi connectivity index (χ0) is 7.36. The van der Waals surface area contributed by atoms with E-state index in [4.69, 9.17) is 4.74 Å². The molecule has 1 saturated heterocycles. The summed E-state index contributed by atoms with van der Waals surface area (Å²) in [6, 6.07) is 0. The minimum Gasteiger partial charge on any atom is -0.369 e. The molecule has 2 saturated carbocycles. The Morgan fingerprint density at radius 2 is 1.45 bits per heavy atom. The van der Waals surface area contributed by atoms with E-state index in [1.54, 1.807) is 0 Å². The average molecular weight is 152 g/mol. The minimum atomic E-state index is 0.420. The molecule has 0 amide bonds. The highest BCUT2D eigenvalue weighted by atomic mass is 16.6. The van der Waals surface area contributed by atoms with Crippen molar-refractivity contribution >= 4 is 0 Å². The maximum Gasteiger partial charge on any atom is 0.0972 e. The standard InChI is InChI=1S/C10H16O/c1-2-5-9(4-1)6-3-7-10(9)8-11-10/h1-8H2. The van der Waals surface area contributed by atoms with E-state index in [-0.39, 0.29) is 0 Å². The highest BCUT2D eigenvalue weighted by molar-refractivity contribution is 5.13. The van der Waals surface area contributed by atoms with Gasteiger partial charge in [0.1, 0.15) is 0 Å². The van der Waals surface area contributed by atoms with Crippen molar-refractivity contribution in [3.8, 4) is 0 Å². The Kier molecular flexibility index (Phi) is 1.07. The van der Waals surface area contributed by atoms with Crippen molar-refractivity contribution in [1.29, 1.82) is 0 Å². The molecule has 1 heterocycles. The van der Waals surface area contributed by atoms with Crippen LogP contribution in [0.15, 0.2) is 0 Å². The smallest absolute Gasteiger partial charge is 0.0972 e. The fraction of sp³-hybridized carbons (Fsp3) is 1.00. The fourth-order valence-electron chi connectivity index (χ4n) is 3.50. The molecule has 1 atom stereocenters. The molecule has 3 rings (SSSR count). The molecule has 1 nitrogen and oxygen atoms in total. The Labute approximate surface area is 68.1 Å². The molecule has 0 aromatic carbocycles. The third-order valence-corrected chi connectivity index (χ3v) is 4.26. The van der Waals surface area contributed by atoms with Crippen molar-refractivity contribution in [2.45, 2.75) is 50.5 Å². The minimum absolute atomic E-state index is 0.420. The molecular weight excluding hydrogens is 136 g/mol. The van der Waals surface area contributed by atoms with E-state index in [0.717, 1.165) is 6.61 Å². The zero-order valence-electron chi connectivity index (χ0n) is 7.07. The summed E-state index contributed by atoms with van der Waals surface area (Å²) in [5.74, 6) is 0. The van der Waals surface area contributed by atoms with Crippen LogP contribution >= 0.6 is 0 Å². The summed E-state index contributed by atoms with van der Waals surface area (Å²) in [4.78, 5) is 0. The van der Waals surface area contributed by atoms with E-state index < -0.39 is 0 Å². The van der Waals surface area contributed by atoms with Gasteiger partial charge in [-0.3, -0.25) is 0 Å². The number of hydrogen-bond donors (Lipinski definition) is 0. The third kappa shape index (κ3) is 0.658. The molecule has 1 heteroatoms. The van der Waals surface area contributed by atoms with Gasteiger partial charge in [0, 0.05) is 5.41 Å². The molecule has 0 aromatic heterocycles. The van der Waals surface area contributed by atoms with Gasteiger partial charge in [0.25, 0.3) is 0 Å². The van der Waals surface area contributed by atoms with Crippen molar-refractivity contribution in [2.24, 2.45) is 5.41 Å².